The molecule has 1 aromatic carbocycles. The average molecular weight is 324 g/mol. The average Bonchev–Trinajstić information content (AvgIpc) is 2.47. The first-order valence-electron chi connectivity index (χ1n) is 3.74. The molecule has 2 rings (SSSR count). The Bertz CT molecular complexity index is 452. The van der Waals surface area contributed by atoms with Crippen molar-refractivity contribution in [3.63, 3.8) is 0 Å². The van der Waals surface area contributed by atoms with Gasteiger partial charge in [0.05, 0.1) is 5.88 Å². The van der Waals surface area contributed by atoms with Crippen LogP contribution in [0, 0.1) is 3.57 Å². The van der Waals surface area contributed by atoms with Crippen LogP contribution in [0.5, 0.6) is 0 Å². The molecule has 13 heavy (non-hydrogen) atoms. The van der Waals surface area contributed by atoms with Crippen molar-refractivity contribution < 1.29 is 0 Å². The van der Waals surface area contributed by atoms with Crippen LogP contribution >= 0.6 is 45.5 Å². The molecule has 68 valence electrons. The van der Waals surface area contributed by atoms with Crippen LogP contribution in [-0.4, -0.2) is 0 Å². The Labute approximate surface area is 99.0 Å². The molecule has 2 aromatic rings. The lowest BCUT2D eigenvalue weighted by atomic mass is 10.2. The summed E-state index contributed by atoms with van der Waals surface area (Å²) >= 11 is 9.81. The standard InChI is InChI=1S/C9H7ClINS/c10-4-7-2-5-1-6(12)3-8(11)9(5)13-7/h1-3H,4,12H2. The molecule has 1 heterocycles. The molecule has 0 unspecified atom stereocenters. The van der Waals surface area contributed by atoms with Crippen molar-refractivity contribution in [3.8, 4) is 0 Å². The first kappa shape index (κ1) is 9.55. The molecule has 0 saturated heterocycles. The van der Waals surface area contributed by atoms with Gasteiger partial charge in [-0.3, -0.25) is 0 Å². The maximum Gasteiger partial charge on any atom is 0.0568 e. The van der Waals surface area contributed by atoms with Gasteiger partial charge in [-0.05, 0) is 46.2 Å². The van der Waals surface area contributed by atoms with Gasteiger partial charge in [0.1, 0.15) is 0 Å². The molecule has 0 spiro atoms. The Balaban J connectivity index is 2.75. The van der Waals surface area contributed by atoms with Gasteiger partial charge in [0.2, 0.25) is 0 Å². The minimum absolute atomic E-state index is 0.579. The molecule has 0 amide bonds. The predicted octanol–water partition coefficient (Wildman–Crippen LogP) is 3.83. The second-order valence-corrected chi connectivity index (χ2v) is 5.33. The van der Waals surface area contributed by atoms with Crippen LogP contribution < -0.4 is 5.73 Å². The number of halogens is 2. The third kappa shape index (κ3) is 1.78. The number of benzene rings is 1. The number of thiophene rings is 1. The fraction of sp³-hybridized carbons (Fsp3) is 0.111. The summed E-state index contributed by atoms with van der Waals surface area (Å²) in [7, 11) is 0. The van der Waals surface area contributed by atoms with E-state index in [1.807, 2.05) is 12.1 Å². The lowest BCUT2D eigenvalue weighted by Crippen LogP contribution is -1.84. The van der Waals surface area contributed by atoms with E-state index in [9.17, 15) is 0 Å². The number of nitrogen functional groups attached to an aromatic ring is 1. The first-order valence-corrected chi connectivity index (χ1v) is 6.17. The van der Waals surface area contributed by atoms with Gasteiger partial charge in [-0.15, -0.1) is 22.9 Å². The van der Waals surface area contributed by atoms with Crippen molar-refractivity contribution >= 4 is 61.3 Å². The lowest BCUT2D eigenvalue weighted by Gasteiger charge is -1.95. The topological polar surface area (TPSA) is 26.0 Å². The molecular formula is C9H7ClINS. The highest BCUT2D eigenvalue weighted by Gasteiger charge is 2.05. The second-order valence-electron chi connectivity index (χ2n) is 2.77. The Morgan fingerprint density at radius 2 is 2.15 bits per heavy atom. The summed E-state index contributed by atoms with van der Waals surface area (Å²) in [4.78, 5) is 1.19. The van der Waals surface area contributed by atoms with Crippen molar-refractivity contribution in [2.75, 3.05) is 5.73 Å². The molecule has 0 radical (unpaired) electrons. The zero-order chi connectivity index (χ0) is 9.42. The van der Waals surface area contributed by atoms with E-state index < -0.39 is 0 Å². The Morgan fingerprint density at radius 3 is 2.85 bits per heavy atom. The van der Waals surface area contributed by atoms with Crippen molar-refractivity contribution in [1.82, 2.24) is 0 Å². The molecule has 0 fully saturated rings. The van der Waals surface area contributed by atoms with E-state index in [4.69, 9.17) is 17.3 Å². The molecule has 1 nitrogen and oxygen atoms in total. The lowest BCUT2D eigenvalue weighted by molar-refractivity contribution is 1.54. The number of alkyl halides is 1. The predicted molar refractivity (Wildman–Crippen MR) is 68.5 cm³/mol. The van der Waals surface area contributed by atoms with Crippen LogP contribution in [0.15, 0.2) is 18.2 Å². The normalized spacial score (nSPS) is 10.9. The van der Waals surface area contributed by atoms with Gasteiger partial charge in [0.15, 0.2) is 0 Å². The molecule has 1 aromatic heterocycles. The highest BCUT2D eigenvalue weighted by Crippen LogP contribution is 2.32. The molecule has 0 bridgehead atoms. The summed E-state index contributed by atoms with van der Waals surface area (Å²) in [5, 5.41) is 1.20. The Hall–Kier alpha value is -0.000000000000000111. The molecule has 0 saturated carbocycles. The zero-order valence-electron chi connectivity index (χ0n) is 6.68. The summed E-state index contributed by atoms with van der Waals surface area (Å²) in [6, 6.07) is 6.08. The number of hydrogen-bond donors (Lipinski definition) is 1. The Kier molecular flexibility index (Phi) is 2.67. The highest BCUT2D eigenvalue weighted by molar-refractivity contribution is 14.1. The maximum atomic E-state index is 5.77. The first-order chi connectivity index (χ1) is 6.20. The summed E-state index contributed by atoms with van der Waals surface area (Å²) in [5.41, 5.74) is 6.56. The summed E-state index contributed by atoms with van der Waals surface area (Å²) in [5.74, 6) is 0.579. The fourth-order valence-corrected chi connectivity index (χ4v) is 3.39. The van der Waals surface area contributed by atoms with Crippen molar-refractivity contribution in [2.45, 2.75) is 5.88 Å². The molecule has 4 heteroatoms. The molecule has 0 aliphatic heterocycles. The minimum atomic E-state index is 0.579. The molecule has 0 aliphatic carbocycles. The maximum absolute atomic E-state index is 5.77. The fourth-order valence-electron chi connectivity index (χ4n) is 1.25. The summed E-state index contributed by atoms with van der Waals surface area (Å²) in [6.45, 7) is 0. The van der Waals surface area contributed by atoms with Gasteiger partial charge in [0.25, 0.3) is 0 Å². The third-order valence-electron chi connectivity index (χ3n) is 1.78. The summed E-state index contributed by atoms with van der Waals surface area (Å²) < 4.78 is 2.49. The van der Waals surface area contributed by atoms with Crippen molar-refractivity contribution in [2.24, 2.45) is 0 Å². The molecule has 0 atom stereocenters. The van der Waals surface area contributed by atoms with Crippen molar-refractivity contribution in [1.29, 1.82) is 0 Å². The van der Waals surface area contributed by atoms with E-state index in [-0.39, 0.29) is 0 Å². The van der Waals surface area contributed by atoms with Crippen LogP contribution in [0.3, 0.4) is 0 Å². The number of fused-ring (bicyclic) bond motifs is 1. The van der Waals surface area contributed by atoms with E-state index in [1.54, 1.807) is 11.3 Å². The smallest absolute Gasteiger partial charge is 0.0568 e. The van der Waals surface area contributed by atoms with Crippen LogP contribution in [0.2, 0.25) is 0 Å². The molecular weight excluding hydrogens is 317 g/mol. The SMILES string of the molecule is Nc1cc(I)c2sc(CCl)cc2c1. The Morgan fingerprint density at radius 1 is 1.38 bits per heavy atom. The largest absolute Gasteiger partial charge is 0.399 e. The number of rotatable bonds is 1. The van der Waals surface area contributed by atoms with Crippen LogP contribution in [0.1, 0.15) is 4.88 Å². The number of nitrogens with two attached hydrogens (primary N) is 1. The van der Waals surface area contributed by atoms with E-state index in [0.29, 0.717) is 5.88 Å². The van der Waals surface area contributed by atoms with Gasteiger partial charge in [-0.2, -0.15) is 0 Å². The third-order valence-corrected chi connectivity index (χ3v) is 4.62. The zero-order valence-corrected chi connectivity index (χ0v) is 10.4. The molecule has 0 aliphatic rings. The quantitative estimate of drug-likeness (QED) is 0.482. The van der Waals surface area contributed by atoms with Crippen molar-refractivity contribution in [3.05, 3.63) is 26.6 Å². The second kappa shape index (κ2) is 3.63. The highest BCUT2D eigenvalue weighted by atomic mass is 127. The summed E-state index contributed by atoms with van der Waals surface area (Å²) in [6.07, 6.45) is 0. The number of hydrogen-bond acceptors (Lipinski definition) is 2. The van der Waals surface area contributed by atoms with E-state index in [0.717, 1.165) is 5.69 Å². The van der Waals surface area contributed by atoms with E-state index >= 15 is 0 Å². The van der Waals surface area contributed by atoms with Gasteiger partial charge >= 0.3 is 0 Å². The van der Waals surface area contributed by atoms with E-state index in [1.165, 1.54) is 18.5 Å². The monoisotopic (exact) mass is 323 g/mol. The minimum Gasteiger partial charge on any atom is -0.399 e. The van der Waals surface area contributed by atoms with Crippen LogP contribution in [0.25, 0.3) is 10.1 Å². The van der Waals surface area contributed by atoms with E-state index in [2.05, 4.69) is 28.7 Å². The van der Waals surface area contributed by atoms with Crippen LogP contribution in [0.4, 0.5) is 5.69 Å². The van der Waals surface area contributed by atoms with Gasteiger partial charge in [-0.25, -0.2) is 0 Å². The molecule has 2 N–H and O–H groups in total. The van der Waals surface area contributed by atoms with Gasteiger partial charge in [0, 0.05) is 18.8 Å². The van der Waals surface area contributed by atoms with Gasteiger partial charge < -0.3 is 5.73 Å². The number of anilines is 1. The van der Waals surface area contributed by atoms with Crippen LogP contribution in [-0.2, 0) is 5.88 Å². The van der Waals surface area contributed by atoms with Gasteiger partial charge in [-0.1, -0.05) is 0 Å².